The maximum Gasteiger partial charge on any atom is 0.231 e. The summed E-state index contributed by atoms with van der Waals surface area (Å²) in [5.41, 5.74) is 3.85. The summed E-state index contributed by atoms with van der Waals surface area (Å²) in [5.74, 6) is 1.73. The molecule has 2 aliphatic rings. The summed E-state index contributed by atoms with van der Waals surface area (Å²) in [6.45, 7) is 1.31. The van der Waals surface area contributed by atoms with E-state index >= 15 is 0 Å². The highest BCUT2D eigenvalue weighted by Gasteiger charge is 2.23. The smallest absolute Gasteiger partial charge is 0.231 e. The molecular weight excluding hydrogens is 262 g/mol. The van der Waals surface area contributed by atoms with Crippen molar-refractivity contribution in [2.45, 2.75) is 12.5 Å². The Kier molecular flexibility index (Phi) is 3.13. The minimum atomic E-state index is 0.225. The van der Waals surface area contributed by atoms with Crippen molar-refractivity contribution in [3.8, 4) is 11.5 Å². The van der Waals surface area contributed by atoms with Crippen LogP contribution in [0.1, 0.15) is 22.7 Å². The van der Waals surface area contributed by atoms with Crippen LogP contribution in [0, 0.1) is 0 Å². The molecule has 1 unspecified atom stereocenters. The van der Waals surface area contributed by atoms with Gasteiger partial charge in [-0.2, -0.15) is 0 Å². The fourth-order valence-corrected chi connectivity index (χ4v) is 2.92. The van der Waals surface area contributed by atoms with Crippen molar-refractivity contribution in [2.24, 2.45) is 0 Å². The van der Waals surface area contributed by atoms with Crippen molar-refractivity contribution in [3.63, 3.8) is 0 Å². The molecule has 0 aromatic heterocycles. The molecule has 21 heavy (non-hydrogen) atoms. The molecule has 0 radical (unpaired) electrons. The second-order valence-electron chi connectivity index (χ2n) is 5.36. The summed E-state index contributed by atoms with van der Waals surface area (Å²) < 4.78 is 11.0. The van der Waals surface area contributed by atoms with Crippen molar-refractivity contribution >= 4 is 6.08 Å². The monoisotopic (exact) mass is 279 g/mol. The standard InChI is InChI=1S/C18H17NO2/c1-2-4-13(5-3-1)6-7-16-15-11-18-17(20-12-21-18)10-14(15)8-9-19-16/h1-7,10-11,16,19H,8-9,12H2/b7-6+. The van der Waals surface area contributed by atoms with Crippen LogP contribution in [0.5, 0.6) is 11.5 Å². The molecule has 1 N–H and O–H groups in total. The van der Waals surface area contributed by atoms with Gasteiger partial charge in [-0.25, -0.2) is 0 Å². The van der Waals surface area contributed by atoms with Gasteiger partial charge in [0, 0.05) is 6.54 Å². The Bertz CT molecular complexity index is 679. The van der Waals surface area contributed by atoms with E-state index in [1.807, 2.05) is 6.07 Å². The number of benzene rings is 2. The second kappa shape index (κ2) is 5.26. The minimum Gasteiger partial charge on any atom is -0.454 e. The van der Waals surface area contributed by atoms with Gasteiger partial charge in [0.2, 0.25) is 6.79 Å². The van der Waals surface area contributed by atoms with E-state index in [2.05, 4.69) is 53.9 Å². The number of rotatable bonds is 2. The number of nitrogens with one attached hydrogen (secondary N) is 1. The third-order valence-electron chi connectivity index (χ3n) is 4.01. The Morgan fingerprint density at radius 2 is 1.86 bits per heavy atom. The van der Waals surface area contributed by atoms with E-state index in [0.717, 1.165) is 24.5 Å². The van der Waals surface area contributed by atoms with E-state index in [1.165, 1.54) is 16.7 Å². The predicted molar refractivity (Wildman–Crippen MR) is 82.5 cm³/mol. The van der Waals surface area contributed by atoms with Crippen LogP contribution in [0.15, 0.2) is 48.5 Å². The highest BCUT2D eigenvalue weighted by Crippen LogP contribution is 2.38. The SMILES string of the molecule is C(=C\C1NCCc2cc3c(cc21)OCO3)/c1ccccc1. The van der Waals surface area contributed by atoms with Gasteiger partial charge in [0.05, 0.1) is 6.04 Å². The van der Waals surface area contributed by atoms with E-state index < -0.39 is 0 Å². The maximum absolute atomic E-state index is 5.50. The zero-order valence-electron chi connectivity index (χ0n) is 11.7. The van der Waals surface area contributed by atoms with Gasteiger partial charge in [0.15, 0.2) is 11.5 Å². The summed E-state index contributed by atoms with van der Waals surface area (Å²) in [5, 5.41) is 3.55. The fourth-order valence-electron chi connectivity index (χ4n) is 2.92. The predicted octanol–water partition coefficient (Wildman–Crippen LogP) is 3.32. The first-order valence-electron chi connectivity index (χ1n) is 7.29. The molecule has 3 heteroatoms. The normalized spacial score (nSPS) is 19.7. The van der Waals surface area contributed by atoms with Crippen molar-refractivity contribution < 1.29 is 9.47 Å². The Hall–Kier alpha value is -2.26. The molecule has 0 amide bonds. The van der Waals surface area contributed by atoms with E-state index in [4.69, 9.17) is 9.47 Å². The van der Waals surface area contributed by atoms with Crippen LogP contribution >= 0.6 is 0 Å². The van der Waals surface area contributed by atoms with Crippen LogP contribution in [0.2, 0.25) is 0 Å². The Morgan fingerprint density at radius 1 is 1.05 bits per heavy atom. The first kappa shape index (κ1) is 12.5. The second-order valence-corrected chi connectivity index (χ2v) is 5.36. The fraction of sp³-hybridized carbons (Fsp3) is 0.222. The van der Waals surface area contributed by atoms with E-state index in [-0.39, 0.29) is 6.04 Å². The van der Waals surface area contributed by atoms with Gasteiger partial charge in [0.1, 0.15) is 0 Å². The molecule has 0 spiro atoms. The summed E-state index contributed by atoms with van der Waals surface area (Å²) in [4.78, 5) is 0. The van der Waals surface area contributed by atoms with Crippen molar-refractivity contribution in [1.29, 1.82) is 0 Å². The molecule has 0 aliphatic carbocycles. The average molecular weight is 279 g/mol. The van der Waals surface area contributed by atoms with Crippen molar-refractivity contribution in [3.05, 3.63) is 65.2 Å². The van der Waals surface area contributed by atoms with E-state index in [0.29, 0.717) is 6.79 Å². The van der Waals surface area contributed by atoms with Gasteiger partial charge in [-0.05, 0) is 35.2 Å². The molecule has 0 fully saturated rings. The highest BCUT2D eigenvalue weighted by molar-refractivity contribution is 5.55. The molecule has 2 heterocycles. The van der Waals surface area contributed by atoms with E-state index in [9.17, 15) is 0 Å². The largest absolute Gasteiger partial charge is 0.454 e. The lowest BCUT2D eigenvalue weighted by molar-refractivity contribution is 0.174. The highest BCUT2D eigenvalue weighted by atomic mass is 16.7. The lowest BCUT2D eigenvalue weighted by atomic mass is 9.93. The third kappa shape index (κ3) is 2.41. The zero-order chi connectivity index (χ0) is 14.1. The lowest BCUT2D eigenvalue weighted by Gasteiger charge is -2.25. The van der Waals surface area contributed by atoms with Gasteiger partial charge in [-0.1, -0.05) is 42.5 Å². The molecule has 2 aromatic rings. The Labute approximate surface area is 124 Å². The third-order valence-corrected chi connectivity index (χ3v) is 4.01. The summed E-state index contributed by atoms with van der Waals surface area (Å²) in [7, 11) is 0. The van der Waals surface area contributed by atoms with E-state index in [1.54, 1.807) is 0 Å². The molecule has 2 aromatic carbocycles. The average Bonchev–Trinajstić information content (AvgIpc) is 2.99. The first-order chi connectivity index (χ1) is 10.4. The van der Waals surface area contributed by atoms with Crippen molar-refractivity contribution in [1.82, 2.24) is 5.32 Å². The number of ether oxygens (including phenoxy) is 2. The number of fused-ring (bicyclic) bond motifs is 2. The zero-order valence-corrected chi connectivity index (χ0v) is 11.7. The first-order valence-corrected chi connectivity index (χ1v) is 7.29. The molecule has 106 valence electrons. The summed E-state index contributed by atoms with van der Waals surface area (Å²) in [6.07, 6.45) is 5.41. The van der Waals surface area contributed by atoms with Crippen LogP contribution in [0.25, 0.3) is 6.08 Å². The molecule has 0 saturated carbocycles. The van der Waals surface area contributed by atoms with Crippen LogP contribution < -0.4 is 14.8 Å². The van der Waals surface area contributed by atoms with Gasteiger partial charge in [-0.15, -0.1) is 0 Å². The van der Waals surface area contributed by atoms with Crippen LogP contribution in [0.3, 0.4) is 0 Å². The summed E-state index contributed by atoms with van der Waals surface area (Å²) >= 11 is 0. The van der Waals surface area contributed by atoms with Gasteiger partial charge >= 0.3 is 0 Å². The minimum absolute atomic E-state index is 0.225. The molecule has 2 aliphatic heterocycles. The van der Waals surface area contributed by atoms with Crippen LogP contribution in [-0.4, -0.2) is 13.3 Å². The number of hydrogen-bond acceptors (Lipinski definition) is 3. The molecule has 1 atom stereocenters. The maximum atomic E-state index is 5.50. The van der Waals surface area contributed by atoms with Gasteiger partial charge in [0.25, 0.3) is 0 Å². The van der Waals surface area contributed by atoms with Gasteiger partial charge in [-0.3, -0.25) is 0 Å². The molecule has 0 bridgehead atoms. The lowest BCUT2D eigenvalue weighted by Crippen LogP contribution is -2.28. The molecule has 4 rings (SSSR count). The molecule has 0 saturated heterocycles. The molecule has 3 nitrogen and oxygen atoms in total. The van der Waals surface area contributed by atoms with Crippen LogP contribution in [0.4, 0.5) is 0 Å². The number of hydrogen-bond donors (Lipinski definition) is 1. The summed E-state index contributed by atoms with van der Waals surface area (Å²) in [6, 6.07) is 14.8. The molecular formula is C18H17NO2. The Morgan fingerprint density at radius 3 is 2.71 bits per heavy atom. The van der Waals surface area contributed by atoms with Gasteiger partial charge < -0.3 is 14.8 Å². The quantitative estimate of drug-likeness (QED) is 0.914. The van der Waals surface area contributed by atoms with Crippen LogP contribution in [-0.2, 0) is 6.42 Å². The Balaban J connectivity index is 1.66. The van der Waals surface area contributed by atoms with Crippen molar-refractivity contribution in [2.75, 3.05) is 13.3 Å². The topological polar surface area (TPSA) is 30.5 Å².